The molecule has 0 bridgehead atoms. The van der Waals surface area contributed by atoms with E-state index in [2.05, 4.69) is 61.5 Å². The topological polar surface area (TPSA) is 49.0 Å². The zero-order chi connectivity index (χ0) is 20.1. The Morgan fingerprint density at radius 1 is 1.07 bits per heavy atom. The molecule has 0 fully saturated rings. The van der Waals surface area contributed by atoms with Gasteiger partial charge in [-0.2, -0.15) is 5.10 Å². The molecule has 2 aromatic carbocycles. The summed E-state index contributed by atoms with van der Waals surface area (Å²) in [6, 6.07) is 15.8. The van der Waals surface area contributed by atoms with E-state index in [-0.39, 0.29) is 17.5 Å². The van der Waals surface area contributed by atoms with Gasteiger partial charge in [-0.05, 0) is 56.9 Å². The summed E-state index contributed by atoms with van der Waals surface area (Å²) in [4.78, 5) is 16.4. The molecule has 1 aliphatic rings. The molecule has 1 aromatic heterocycles. The Kier molecular flexibility index (Phi) is 4.76. The van der Waals surface area contributed by atoms with Gasteiger partial charge >= 0.3 is 0 Å². The van der Waals surface area contributed by atoms with Crippen LogP contribution in [0.1, 0.15) is 48.4 Å². The molecular weight excluding hydrogens is 390 g/mol. The minimum absolute atomic E-state index is 0.0193. The van der Waals surface area contributed by atoms with Crippen molar-refractivity contribution in [1.29, 1.82) is 0 Å². The zero-order valence-corrected chi connectivity index (χ0v) is 17.9. The first-order valence-electron chi connectivity index (χ1n) is 9.13. The van der Waals surface area contributed by atoms with Crippen LogP contribution in [0.3, 0.4) is 0 Å². The van der Waals surface area contributed by atoms with E-state index < -0.39 is 0 Å². The van der Waals surface area contributed by atoms with Gasteiger partial charge in [0, 0.05) is 26.6 Å². The molecule has 1 unspecified atom stereocenters. The summed E-state index contributed by atoms with van der Waals surface area (Å²) in [5.74, 6) is -0.0193. The smallest absolute Gasteiger partial charge is 0.273 e. The number of hydrogen-bond donors (Lipinski definition) is 1. The van der Waals surface area contributed by atoms with Gasteiger partial charge in [0.1, 0.15) is 5.69 Å². The molecule has 6 heteroatoms. The van der Waals surface area contributed by atoms with Crippen molar-refractivity contribution in [3.8, 4) is 11.3 Å². The van der Waals surface area contributed by atoms with Crippen molar-refractivity contribution in [2.45, 2.75) is 37.2 Å². The van der Waals surface area contributed by atoms with Gasteiger partial charge in [-0.3, -0.25) is 9.89 Å². The lowest BCUT2D eigenvalue weighted by molar-refractivity contribution is 0.0546. The number of aromatic amines is 1. The zero-order valence-electron chi connectivity index (χ0n) is 16.3. The fourth-order valence-electron chi connectivity index (χ4n) is 3.77. The van der Waals surface area contributed by atoms with E-state index in [1.165, 1.54) is 4.90 Å². The number of benzene rings is 2. The average Bonchev–Trinajstić information content (AvgIpc) is 3.21. The van der Waals surface area contributed by atoms with E-state index in [9.17, 15) is 4.79 Å². The van der Waals surface area contributed by atoms with E-state index in [1.54, 1.807) is 11.8 Å². The van der Waals surface area contributed by atoms with Crippen LogP contribution < -0.4 is 0 Å². The number of carbonyl (C=O) groups excluding carboxylic acids is 1. The van der Waals surface area contributed by atoms with Crippen molar-refractivity contribution in [1.82, 2.24) is 15.1 Å². The van der Waals surface area contributed by atoms with Crippen molar-refractivity contribution in [3.05, 3.63) is 70.4 Å². The Morgan fingerprint density at radius 3 is 2.29 bits per heavy atom. The Labute approximate surface area is 174 Å². The summed E-state index contributed by atoms with van der Waals surface area (Å²) < 4.78 is 0. The minimum atomic E-state index is -0.336. The highest BCUT2D eigenvalue weighted by atomic mass is 35.5. The van der Waals surface area contributed by atoms with E-state index in [4.69, 9.17) is 11.6 Å². The van der Waals surface area contributed by atoms with E-state index >= 15 is 0 Å². The predicted molar refractivity (Wildman–Crippen MR) is 115 cm³/mol. The number of hydrogen-bond acceptors (Lipinski definition) is 3. The fourth-order valence-corrected chi connectivity index (χ4v) is 4.30. The van der Waals surface area contributed by atoms with Crippen LogP contribution in [0, 0.1) is 0 Å². The SMILES string of the molecule is CSc1ccc(C2c3c(-c4ccc(Cl)cc4)n[nH]c3C(=O)N2C(C)(C)C)cc1. The third kappa shape index (κ3) is 3.12. The Balaban J connectivity index is 1.90. The van der Waals surface area contributed by atoms with Gasteiger partial charge in [0.2, 0.25) is 0 Å². The molecule has 1 atom stereocenters. The number of nitrogens with zero attached hydrogens (tertiary/aromatic N) is 2. The Bertz CT molecular complexity index is 1020. The van der Waals surface area contributed by atoms with E-state index in [1.807, 2.05) is 29.2 Å². The number of halogens is 1. The lowest BCUT2D eigenvalue weighted by Crippen LogP contribution is -2.44. The van der Waals surface area contributed by atoms with Gasteiger partial charge in [0.15, 0.2) is 0 Å². The van der Waals surface area contributed by atoms with Crippen LogP contribution in [0.25, 0.3) is 11.3 Å². The molecule has 1 amide bonds. The van der Waals surface area contributed by atoms with Crippen LogP contribution in [0.15, 0.2) is 53.4 Å². The first-order chi connectivity index (χ1) is 13.3. The molecule has 144 valence electrons. The number of rotatable bonds is 3. The highest BCUT2D eigenvalue weighted by Gasteiger charge is 2.46. The van der Waals surface area contributed by atoms with E-state index in [0.717, 1.165) is 22.4 Å². The second kappa shape index (κ2) is 6.98. The highest BCUT2D eigenvalue weighted by molar-refractivity contribution is 7.98. The molecule has 0 saturated carbocycles. The molecular formula is C22H22ClN3OS. The third-order valence-corrected chi connectivity index (χ3v) is 6.04. The van der Waals surface area contributed by atoms with Crippen LogP contribution in [-0.2, 0) is 0 Å². The number of amides is 1. The third-order valence-electron chi connectivity index (χ3n) is 5.04. The van der Waals surface area contributed by atoms with Gasteiger partial charge in [0.25, 0.3) is 5.91 Å². The maximum absolute atomic E-state index is 13.3. The molecule has 2 heterocycles. The molecule has 4 rings (SSSR count). The maximum atomic E-state index is 13.3. The van der Waals surface area contributed by atoms with Crippen molar-refractivity contribution < 1.29 is 4.79 Å². The number of H-pyrrole nitrogens is 1. The van der Waals surface area contributed by atoms with Crippen LogP contribution >= 0.6 is 23.4 Å². The number of fused-ring (bicyclic) bond motifs is 1. The lowest BCUT2D eigenvalue weighted by Gasteiger charge is -2.37. The predicted octanol–water partition coefficient (Wildman–Crippen LogP) is 5.80. The van der Waals surface area contributed by atoms with Crippen LogP contribution in [0.2, 0.25) is 5.02 Å². The second-order valence-corrected chi connectivity index (χ2v) is 9.21. The van der Waals surface area contributed by atoms with E-state index in [0.29, 0.717) is 10.7 Å². The van der Waals surface area contributed by atoms with Crippen LogP contribution in [0.5, 0.6) is 0 Å². The van der Waals surface area contributed by atoms with Crippen molar-refractivity contribution in [2.24, 2.45) is 0 Å². The molecule has 0 radical (unpaired) electrons. The first-order valence-corrected chi connectivity index (χ1v) is 10.7. The molecule has 3 aromatic rings. The average molecular weight is 412 g/mol. The molecule has 28 heavy (non-hydrogen) atoms. The summed E-state index contributed by atoms with van der Waals surface area (Å²) in [6.07, 6.45) is 2.06. The van der Waals surface area contributed by atoms with Crippen LogP contribution in [0.4, 0.5) is 0 Å². The summed E-state index contributed by atoms with van der Waals surface area (Å²) >= 11 is 7.76. The van der Waals surface area contributed by atoms with Gasteiger partial charge in [0.05, 0.1) is 11.7 Å². The summed E-state index contributed by atoms with van der Waals surface area (Å²) in [7, 11) is 0. The quantitative estimate of drug-likeness (QED) is 0.554. The molecule has 0 aliphatic carbocycles. The first kappa shape index (κ1) is 19.1. The number of carbonyl (C=O) groups is 1. The van der Waals surface area contributed by atoms with Gasteiger partial charge in [-0.15, -0.1) is 11.8 Å². The van der Waals surface area contributed by atoms with Crippen molar-refractivity contribution >= 4 is 29.3 Å². The fraction of sp³-hybridized carbons (Fsp3) is 0.273. The van der Waals surface area contributed by atoms with Crippen LogP contribution in [-0.4, -0.2) is 32.8 Å². The second-order valence-electron chi connectivity index (χ2n) is 7.89. The van der Waals surface area contributed by atoms with Gasteiger partial charge in [-0.1, -0.05) is 35.9 Å². The number of thioether (sulfide) groups is 1. The monoisotopic (exact) mass is 411 g/mol. The normalized spacial score (nSPS) is 16.5. The Hall–Kier alpha value is -2.24. The molecule has 1 aliphatic heterocycles. The summed E-state index contributed by atoms with van der Waals surface area (Å²) in [6.45, 7) is 6.19. The maximum Gasteiger partial charge on any atom is 0.273 e. The minimum Gasteiger partial charge on any atom is -0.321 e. The Morgan fingerprint density at radius 2 is 1.71 bits per heavy atom. The molecule has 0 spiro atoms. The van der Waals surface area contributed by atoms with Crippen molar-refractivity contribution in [3.63, 3.8) is 0 Å². The van der Waals surface area contributed by atoms with Gasteiger partial charge < -0.3 is 4.90 Å². The number of nitrogens with one attached hydrogen (secondary N) is 1. The summed E-state index contributed by atoms with van der Waals surface area (Å²) in [5, 5.41) is 8.16. The largest absolute Gasteiger partial charge is 0.321 e. The molecule has 1 N–H and O–H groups in total. The number of aromatic nitrogens is 2. The standard InChI is InChI=1S/C22H22ClN3OS/c1-22(2,3)26-20(14-7-11-16(28-4)12-8-14)17-18(24-25-19(17)21(26)27)13-5-9-15(23)10-6-13/h5-12,20H,1-4H3,(H,24,25). The lowest BCUT2D eigenvalue weighted by atomic mass is 9.94. The summed E-state index contributed by atoms with van der Waals surface area (Å²) in [5.41, 5.74) is 3.98. The van der Waals surface area contributed by atoms with Crippen molar-refractivity contribution in [2.75, 3.05) is 6.26 Å². The van der Waals surface area contributed by atoms with Gasteiger partial charge in [-0.25, -0.2) is 0 Å². The highest BCUT2D eigenvalue weighted by Crippen LogP contribution is 2.46. The molecule has 4 nitrogen and oxygen atoms in total. The molecule has 0 saturated heterocycles.